The Morgan fingerprint density at radius 2 is 0.974 bits per heavy atom. The van der Waals surface area contributed by atoms with Crippen LogP contribution < -0.4 is 0 Å². The summed E-state index contributed by atoms with van der Waals surface area (Å²) in [4.78, 5) is 0. The maximum atomic E-state index is 2.67. The van der Waals surface area contributed by atoms with Gasteiger partial charge in [-0.05, 0) is 0 Å². The van der Waals surface area contributed by atoms with Gasteiger partial charge in [0.1, 0.15) is 0 Å². The van der Waals surface area contributed by atoms with Crippen molar-refractivity contribution < 1.29 is 20.9 Å². The zero-order valence-electron chi connectivity index (χ0n) is 23.0. The number of rotatable bonds is 7. The summed E-state index contributed by atoms with van der Waals surface area (Å²) in [7, 11) is 0. The third-order valence-corrected chi connectivity index (χ3v) is 30.4. The Hall–Kier alpha value is -2.54. The predicted octanol–water partition coefficient (Wildman–Crippen LogP) is 10.0. The molecule has 0 aromatic heterocycles. The van der Waals surface area contributed by atoms with Crippen LogP contribution >= 0.6 is 0 Å². The van der Waals surface area contributed by atoms with Crippen LogP contribution in [0.5, 0.6) is 0 Å². The van der Waals surface area contributed by atoms with Gasteiger partial charge < -0.3 is 0 Å². The van der Waals surface area contributed by atoms with Crippen molar-refractivity contribution in [2.45, 2.75) is 47.0 Å². The molecule has 0 heterocycles. The summed E-state index contributed by atoms with van der Waals surface area (Å²) >= 11 is -2.06. The van der Waals surface area contributed by atoms with Crippen molar-refractivity contribution in [2.24, 2.45) is 0 Å². The van der Waals surface area contributed by atoms with Crippen LogP contribution in [0.1, 0.15) is 56.2 Å². The molecule has 0 aliphatic heterocycles. The van der Waals surface area contributed by atoms with Gasteiger partial charge in [0.25, 0.3) is 0 Å². The minimum atomic E-state index is -2.06. The van der Waals surface area contributed by atoms with Gasteiger partial charge in [-0.25, -0.2) is 0 Å². The molecule has 0 N–H and O–H groups in total. The summed E-state index contributed by atoms with van der Waals surface area (Å²) < 4.78 is 1.39. The molecule has 2 heteroatoms. The molecule has 0 nitrogen and oxygen atoms in total. The van der Waals surface area contributed by atoms with E-state index in [1.54, 1.807) is 22.3 Å². The van der Waals surface area contributed by atoms with Crippen molar-refractivity contribution in [1.29, 1.82) is 0 Å². The van der Waals surface area contributed by atoms with E-state index in [1.807, 2.05) is 0 Å². The van der Waals surface area contributed by atoms with E-state index in [9.17, 15) is 0 Å². The molecule has 0 spiro atoms. The van der Waals surface area contributed by atoms with Crippen LogP contribution in [0.4, 0.5) is 0 Å². The third-order valence-electron chi connectivity index (χ3n) is 8.62. The second-order valence-corrected chi connectivity index (χ2v) is 31.1. The number of fused-ring (bicyclic) bond motifs is 2. The molecule has 2 aliphatic carbocycles. The molecular formula is C36H37SiZr. The van der Waals surface area contributed by atoms with Crippen molar-refractivity contribution >= 4 is 18.1 Å². The average Bonchev–Trinajstić information content (AvgIpc) is 3.52. The molecule has 189 valence electrons. The normalized spacial score (nSPS) is 17.7. The summed E-state index contributed by atoms with van der Waals surface area (Å²) in [6.07, 6.45) is 7.53. The van der Waals surface area contributed by atoms with Gasteiger partial charge in [0.2, 0.25) is 0 Å². The first-order valence-corrected chi connectivity index (χ1v) is 24.2. The molecule has 6 rings (SSSR count). The molecule has 0 radical (unpaired) electrons. The van der Waals surface area contributed by atoms with Gasteiger partial charge in [-0.3, -0.25) is 0 Å². The number of benzene rings is 4. The van der Waals surface area contributed by atoms with Crippen molar-refractivity contribution in [1.82, 2.24) is 0 Å². The van der Waals surface area contributed by atoms with Crippen molar-refractivity contribution in [3.63, 3.8) is 0 Å². The van der Waals surface area contributed by atoms with E-state index in [0.29, 0.717) is 7.25 Å². The Balaban J connectivity index is 1.50. The van der Waals surface area contributed by atoms with E-state index in [-0.39, 0.29) is 0 Å². The van der Waals surface area contributed by atoms with E-state index in [4.69, 9.17) is 0 Å². The predicted molar refractivity (Wildman–Crippen MR) is 165 cm³/mol. The Bertz CT molecular complexity index is 1400. The van der Waals surface area contributed by atoms with Crippen LogP contribution in [0.15, 0.2) is 108 Å². The second-order valence-electron chi connectivity index (χ2n) is 11.0. The fourth-order valence-corrected chi connectivity index (χ4v) is 30.1. The summed E-state index contributed by atoms with van der Waals surface area (Å²) in [5.74, 6) is -0.878. The van der Waals surface area contributed by atoms with Crippen LogP contribution in [0, 0.1) is 0 Å². The minimum absolute atomic E-state index is 0.694. The van der Waals surface area contributed by atoms with Gasteiger partial charge in [0, 0.05) is 0 Å². The fourth-order valence-electron chi connectivity index (χ4n) is 6.90. The van der Waals surface area contributed by atoms with Gasteiger partial charge in [-0.15, -0.1) is 0 Å². The maximum absolute atomic E-state index is 2.67. The second kappa shape index (κ2) is 10.9. The molecule has 4 aromatic carbocycles. The van der Waals surface area contributed by atoms with Gasteiger partial charge in [-0.1, -0.05) is 0 Å². The summed E-state index contributed by atoms with van der Waals surface area (Å²) in [6.45, 7) is 10.1. The van der Waals surface area contributed by atoms with Crippen LogP contribution in [-0.2, 0) is 20.9 Å². The van der Waals surface area contributed by atoms with Crippen LogP contribution in [0.25, 0.3) is 34.4 Å². The zero-order chi connectivity index (χ0) is 26.2. The molecule has 0 bridgehead atoms. The van der Waals surface area contributed by atoms with E-state index in [2.05, 4.69) is 136 Å². The standard InChI is InChI=1S/2C17H15.C2H7Si.Zr/c2*1-2-13-11-15-9-6-10-16(17(15)12-13)14-7-4-3-5-8-14;1-3-2;/h2*3-12H,2H2,1H3;3H,1-2H3;. The van der Waals surface area contributed by atoms with Crippen molar-refractivity contribution in [3.8, 4) is 22.3 Å². The molecule has 0 amide bonds. The van der Waals surface area contributed by atoms with Gasteiger partial charge >= 0.3 is 239 Å². The quantitative estimate of drug-likeness (QED) is 0.188. The molecule has 4 aromatic rings. The summed E-state index contributed by atoms with van der Waals surface area (Å²) in [5.41, 5.74) is 15.2. The van der Waals surface area contributed by atoms with Crippen molar-refractivity contribution in [2.75, 3.05) is 0 Å². The Morgan fingerprint density at radius 1 is 0.553 bits per heavy atom. The summed E-state index contributed by atoms with van der Waals surface area (Å²) in [5, 5.41) is 0. The molecule has 0 saturated carbocycles. The van der Waals surface area contributed by atoms with E-state index in [0.717, 1.165) is 12.8 Å². The van der Waals surface area contributed by atoms with E-state index in [1.165, 1.54) is 33.4 Å². The van der Waals surface area contributed by atoms with Crippen molar-refractivity contribution in [3.05, 3.63) is 130 Å². The average molecular weight is 589 g/mol. The van der Waals surface area contributed by atoms with Crippen LogP contribution in [-0.4, -0.2) is 5.92 Å². The molecule has 38 heavy (non-hydrogen) atoms. The molecule has 2 aliphatic rings. The molecule has 0 fully saturated rings. The van der Waals surface area contributed by atoms with E-state index < -0.39 is 26.8 Å². The van der Waals surface area contributed by atoms with Crippen LogP contribution in [0.2, 0.25) is 13.1 Å². The first kappa shape index (κ1) is 25.7. The molecular weight excluding hydrogens is 552 g/mol. The molecule has 2 unspecified atom stereocenters. The van der Waals surface area contributed by atoms with Crippen LogP contribution in [0.3, 0.4) is 0 Å². The topological polar surface area (TPSA) is 0 Å². The van der Waals surface area contributed by atoms with E-state index >= 15 is 0 Å². The number of hydrogen-bond donors (Lipinski definition) is 0. The van der Waals surface area contributed by atoms with Gasteiger partial charge in [-0.2, -0.15) is 0 Å². The summed E-state index contributed by atoms with van der Waals surface area (Å²) in [6, 6.07) is 36.3. The Morgan fingerprint density at radius 3 is 1.34 bits per heavy atom. The molecule has 2 atom stereocenters. The Labute approximate surface area is 237 Å². The monoisotopic (exact) mass is 587 g/mol. The van der Waals surface area contributed by atoms with Gasteiger partial charge in [0.05, 0.1) is 0 Å². The zero-order valence-corrected chi connectivity index (χ0v) is 26.7. The Kier molecular flexibility index (Phi) is 7.39. The number of allylic oxidation sites excluding steroid dienone is 2. The van der Waals surface area contributed by atoms with Gasteiger partial charge in [0.15, 0.2) is 0 Å². The number of hydrogen-bond acceptors (Lipinski definition) is 0. The molecule has 0 saturated heterocycles. The third kappa shape index (κ3) is 4.41. The SMILES string of the molecule is CCC1=Cc2c(-c3ccccc3)cccc2[CH]1[Zr]([CH]1C(CC)=Cc2c(-c3ccccc3)cccc21)[SiH](C)C. The first-order chi connectivity index (χ1) is 18.6. The first-order valence-electron chi connectivity index (χ1n) is 14.3. The fraction of sp³-hybridized carbons (Fsp3) is 0.222.